The van der Waals surface area contributed by atoms with Crippen LogP contribution in [0.4, 0.5) is 0 Å². The topological polar surface area (TPSA) is 81.4 Å². The molecule has 0 aliphatic carbocycles. The number of nitrogens with zero attached hydrogens (tertiary/aromatic N) is 1. The van der Waals surface area contributed by atoms with E-state index in [0.29, 0.717) is 22.2 Å². The second-order valence-electron chi connectivity index (χ2n) is 5.40. The summed E-state index contributed by atoms with van der Waals surface area (Å²) >= 11 is 7.48. The highest BCUT2D eigenvalue weighted by Gasteiger charge is 2.20. The maximum absolute atomic E-state index is 12.2. The third-order valence-electron chi connectivity index (χ3n) is 3.47. The molecule has 134 valence electrons. The van der Waals surface area contributed by atoms with Crippen molar-refractivity contribution in [2.24, 2.45) is 0 Å². The lowest BCUT2D eigenvalue weighted by Gasteiger charge is -2.13. The fraction of sp³-hybridized carbons (Fsp3) is 0.167. The summed E-state index contributed by atoms with van der Waals surface area (Å²) in [6, 6.07) is 9.55. The summed E-state index contributed by atoms with van der Waals surface area (Å²) in [7, 11) is 0. The number of carbonyl (C=O) groups is 2. The molecule has 0 saturated carbocycles. The Hall–Kier alpha value is -2.64. The number of thiophene rings is 1. The summed E-state index contributed by atoms with van der Waals surface area (Å²) in [6.45, 7) is 1.50. The Kier molecular flexibility index (Phi) is 5.70. The molecule has 2 aromatic heterocycles. The number of esters is 1. The van der Waals surface area contributed by atoms with Gasteiger partial charge in [0.1, 0.15) is 24.6 Å². The number of nitrogens with one attached hydrogen (secondary N) is 1. The van der Waals surface area contributed by atoms with Gasteiger partial charge in [-0.1, -0.05) is 29.8 Å². The molecule has 6 nitrogen and oxygen atoms in total. The van der Waals surface area contributed by atoms with E-state index in [9.17, 15) is 9.59 Å². The predicted octanol–water partition coefficient (Wildman–Crippen LogP) is 3.92. The largest absolute Gasteiger partial charge is 0.458 e. The van der Waals surface area contributed by atoms with Crippen LogP contribution in [0.15, 0.2) is 52.5 Å². The molecule has 0 aliphatic heterocycles. The highest BCUT2D eigenvalue weighted by atomic mass is 35.5. The minimum atomic E-state index is -0.831. The van der Waals surface area contributed by atoms with Crippen molar-refractivity contribution in [1.82, 2.24) is 10.3 Å². The number of carbonyl (C=O) groups excluding carboxylic acids is 2. The molecule has 1 aromatic carbocycles. The van der Waals surface area contributed by atoms with Gasteiger partial charge >= 0.3 is 5.97 Å². The van der Waals surface area contributed by atoms with Gasteiger partial charge in [0.05, 0.1) is 15.5 Å². The molecule has 3 rings (SSSR count). The molecule has 8 heteroatoms. The number of amides is 1. The lowest BCUT2D eigenvalue weighted by molar-refractivity contribution is -0.146. The van der Waals surface area contributed by atoms with Crippen molar-refractivity contribution in [3.8, 4) is 10.8 Å². The van der Waals surface area contributed by atoms with Crippen molar-refractivity contribution in [1.29, 1.82) is 0 Å². The van der Waals surface area contributed by atoms with E-state index in [0.717, 1.165) is 4.88 Å². The molecular weight excluding hydrogens is 376 g/mol. The van der Waals surface area contributed by atoms with Crippen LogP contribution in [0.3, 0.4) is 0 Å². The Morgan fingerprint density at radius 3 is 2.85 bits per heavy atom. The summed E-state index contributed by atoms with van der Waals surface area (Å²) in [4.78, 5) is 29.4. The fourth-order valence-electron chi connectivity index (χ4n) is 2.14. The van der Waals surface area contributed by atoms with Gasteiger partial charge in [-0.2, -0.15) is 0 Å². The lowest BCUT2D eigenvalue weighted by atomic mass is 10.2. The first kappa shape index (κ1) is 18.2. The van der Waals surface area contributed by atoms with Gasteiger partial charge in [0.2, 0.25) is 5.89 Å². The number of ether oxygens (including phenoxy) is 1. The molecule has 0 saturated heterocycles. The molecule has 1 atom stereocenters. The SMILES string of the molecule is C[C@H](NC(=O)c1ccccc1Cl)C(=O)OCc1coc(-c2cccs2)n1. The Morgan fingerprint density at radius 1 is 1.31 bits per heavy atom. The normalized spacial score (nSPS) is 11.8. The molecule has 26 heavy (non-hydrogen) atoms. The summed E-state index contributed by atoms with van der Waals surface area (Å²) in [6.07, 6.45) is 1.44. The fourth-order valence-corrected chi connectivity index (χ4v) is 3.01. The monoisotopic (exact) mass is 390 g/mol. The standard InChI is InChI=1S/C18H15ClN2O4S/c1-11(20-16(22)13-5-2-3-6-14(13)19)18(23)25-10-12-9-24-17(21-12)15-7-4-8-26-15/h2-9,11H,10H2,1H3,(H,20,22)/t11-/m0/s1. The van der Waals surface area contributed by atoms with Crippen LogP contribution in [-0.2, 0) is 16.1 Å². The van der Waals surface area contributed by atoms with Crippen LogP contribution in [0.25, 0.3) is 10.8 Å². The van der Waals surface area contributed by atoms with Crippen molar-refractivity contribution in [2.75, 3.05) is 0 Å². The molecule has 1 amide bonds. The van der Waals surface area contributed by atoms with Crippen molar-refractivity contribution < 1.29 is 18.7 Å². The van der Waals surface area contributed by atoms with E-state index in [1.807, 2.05) is 17.5 Å². The minimum absolute atomic E-state index is 0.0417. The molecule has 0 aliphatic rings. The molecule has 0 fully saturated rings. The highest BCUT2D eigenvalue weighted by molar-refractivity contribution is 7.13. The molecule has 0 bridgehead atoms. The van der Waals surface area contributed by atoms with E-state index in [4.69, 9.17) is 20.8 Å². The number of hydrogen-bond acceptors (Lipinski definition) is 6. The van der Waals surface area contributed by atoms with Gasteiger partial charge < -0.3 is 14.5 Å². The number of oxazole rings is 1. The zero-order valence-corrected chi connectivity index (χ0v) is 15.3. The quantitative estimate of drug-likeness (QED) is 0.645. The Labute approximate surface area is 158 Å². The Balaban J connectivity index is 1.53. The predicted molar refractivity (Wildman–Crippen MR) is 98.0 cm³/mol. The zero-order chi connectivity index (χ0) is 18.5. The third kappa shape index (κ3) is 4.30. The molecule has 0 unspecified atom stereocenters. The number of halogens is 1. The van der Waals surface area contributed by atoms with Crippen LogP contribution in [0.2, 0.25) is 5.02 Å². The Bertz CT molecular complexity index is 908. The summed E-state index contributed by atoms with van der Waals surface area (Å²) < 4.78 is 10.5. The molecule has 1 N–H and O–H groups in total. The second-order valence-corrected chi connectivity index (χ2v) is 6.76. The van der Waals surface area contributed by atoms with Crippen molar-refractivity contribution in [3.63, 3.8) is 0 Å². The van der Waals surface area contributed by atoms with Crippen LogP contribution in [0.5, 0.6) is 0 Å². The van der Waals surface area contributed by atoms with Crippen LogP contribution in [0, 0.1) is 0 Å². The van der Waals surface area contributed by atoms with E-state index in [1.165, 1.54) is 24.5 Å². The van der Waals surface area contributed by atoms with Crippen molar-refractivity contribution >= 4 is 34.8 Å². The van der Waals surface area contributed by atoms with E-state index in [2.05, 4.69) is 10.3 Å². The maximum Gasteiger partial charge on any atom is 0.328 e. The van der Waals surface area contributed by atoms with Gasteiger partial charge in [0.15, 0.2) is 0 Å². The van der Waals surface area contributed by atoms with E-state index in [1.54, 1.807) is 24.3 Å². The van der Waals surface area contributed by atoms with Crippen LogP contribution < -0.4 is 5.32 Å². The lowest BCUT2D eigenvalue weighted by Crippen LogP contribution is -2.39. The second kappa shape index (κ2) is 8.16. The van der Waals surface area contributed by atoms with Gasteiger partial charge in [-0.05, 0) is 30.5 Å². The zero-order valence-electron chi connectivity index (χ0n) is 13.8. The molecule has 0 spiro atoms. The molecular formula is C18H15ClN2O4S. The average Bonchev–Trinajstić information content (AvgIpc) is 3.31. The first-order chi connectivity index (χ1) is 12.5. The minimum Gasteiger partial charge on any atom is -0.458 e. The maximum atomic E-state index is 12.2. The summed E-state index contributed by atoms with van der Waals surface area (Å²) in [5.74, 6) is -0.543. The number of hydrogen-bond donors (Lipinski definition) is 1. The van der Waals surface area contributed by atoms with Crippen molar-refractivity contribution in [3.05, 3.63) is 64.3 Å². The first-order valence-corrected chi connectivity index (χ1v) is 9.00. The average molecular weight is 391 g/mol. The van der Waals surface area contributed by atoms with Crippen LogP contribution in [0.1, 0.15) is 23.0 Å². The number of rotatable bonds is 6. The van der Waals surface area contributed by atoms with E-state index in [-0.39, 0.29) is 6.61 Å². The molecule has 3 aromatic rings. The van der Waals surface area contributed by atoms with Gasteiger partial charge in [-0.3, -0.25) is 4.79 Å². The molecule has 0 radical (unpaired) electrons. The van der Waals surface area contributed by atoms with E-state index >= 15 is 0 Å². The summed E-state index contributed by atoms with van der Waals surface area (Å²) in [5, 5.41) is 4.79. The summed E-state index contributed by atoms with van der Waals surface area (Å²) in [5.41, 5.74) is 0.789. The smallest absolute Gasteiger partial charge is 0.328 e. The first-order valence-electron chi connectivity index (χ1n) is 7.75. The van der Waals surface area contributed by atoms with Gasteiger partial charge in [0.25, 0.3) is 5.91 Å². The Morgan fingerprint density at radius 2 is 2.12 bits per heavy atom. The van der Waals surface area contributed by atoms with Crippen LogP contribution >= 0.6 is 22.9 Å². The molecule has 2 heterocycles. The van der Waals surface area contributed by atoms with Gasteiger partial charge in [0, 0.05) is 0 Å². The van der Waals surface area contributed by atoms with Gasteiger partial charge in [-0.15, -0.1) is 11.3 Å². The van der Waals surface area contributed by atoms with Crippen LogP contribution in [-0.4, -0.2) is 22.9 Å². The van der Waals surface area contributed by atoms with E-state index < -0.39 is 17.9 Å². The number of aromatic nitrogens is 1. The number of benzene rings is 1. The van der Waals surface area contributed by atoms with Crippen molar-refractivity contribution in [2.45, 2.75) is 19.6 Å². The third-order valence-corrected chi connectivity index (χ3v) is 4.65. The highest BCUT2D eigenvalue weighted by Crippen LogP contribution is 2.23. The van der Waals surface area contributed by atoms with Gasteiger partial charge in [-0.25, -0.2) is 9.78 Å².